The van der Waals surface area contributed by atoms with Gasteiger partial charge in [-0.05, 0) is 12.8 Å². The third-order valence-electron chi connectivity index (χ3n) is 2.32. The zero-order valence-corrected chi connectivity index (χ0v) is 8.59. The maximum absolute atomic E-state index is 11.8. The standard InChI is InChI=1S/C9H13F3OS/c10-9(11,12)8(13)6-14-7-4-2-1-3-5-7/h7H,1-6H2. The van der Waals surface area contributed by atoms with Crippen molar-refractivity contribution in [3.05, 3.63) is 0 Å². The third-order valence-corrected chi connectivity index (χ3v) is 3.69. The number of rotatable bonds is 3. The molecule has 0 heterocycles. The lowest BCUT2D eigenvalue weighted by Crippen LogP contribution is -2.26. The lowest BCUT2D eigenvalue weighted by Gasteiger charge is -2.20. The molecule has 0 spiro atoms. The van der Waals surface area contributed by atoms with Crippen molar-refractivity contribution in [1.29, 1.82) is 0 Å². The molecule has 0 aromatic carbocycles. The van der Waals surface area contributed by atoms with Crippen LogP contribution < -0.4 is 0 Å². The number of halogens is 3. The molecule has 0 radical (unpaired) electrons. The van der Waals surface area contributed by atoms with Crippen LogP contribution in [0.4, 0.5) is 13.2 Å². The van der Waals surface area contributed by atoms with E-state index in [0.717, 1.165) is 37.4 Å². The number of hydrogen-bond donors (Lipinski definition) is 0. The number of carbonyl (C=O) groups is 1. The summed E-state index contributed by atoms with van der Waals surface area (Å²) in [4.78, 5) is 10.6. The highest BCUT2D eigenvalue weighted by molar-refractivity contribution is 8.00. The van der Waals surface area contributed by atoms with E-state index in [2.05, 4.69) is 0 Å². The maximum atomic E-state index is 11.8. The fourth-order valence-corrected chi connectivity index (χ4v) is 2.72. The molecule has 1 aliphatic carbocycles. The third kappa shape index (κ3) is 3.90. The molecule has 1 rings (SSSR count). The minimum absolute atomic E-state index is 0.259. The highest BCUT2D eigenvalue weighted by atomic mass is 32.2. The predicted octanol–water partition coefficient (Wildman–Crippen LogP) is 3.18. The van der Waals surface area contributed by atoms with Crippen LogP contribution in [0.5, 0.6) is 0 Å². The molecule has 0 unspecified atom stereocenters. The summed E-state index contributed by atoms with van der Waals surface area (Å²) in [6, 6.07) is 0. The zero-order chi connectivity index (χ0) is 10.6. The second-order valence-electron chi connectivity index (χ2n) is 3.49. The molecule has 0 atom stereocenters. The van der Waals surface area contributed by atoms with Gasteiger partial charge in [-0.15, -0.1) is 0 Å². The molecule has 1 saturated carbocycles. The quantitative estimate of drug-likeness (QED) is 0.735. The molecule has 0 bridgehead atoms. The Morgan fingerprint density at radius 2 is 1.79 bits per heavy atom. The normalized spacial score (nSPS) is 19.6. The van der Waals surface area contributed by atoms with E-state index in [1.165, 1.54) is 6.42 Å². The van der Waals surface area contributed by atoms with Gasteiger partial charge in [0, 0.05) is 5.25 Å². The van der Waals surface area contributed by atoms with Gasteiger partial charge in [0.2, 0.25) is 5.78 Å². The van der Waals surface area contributed by atoms with Crippen LogP contribution in [0.15, 0.2) is 0 Å². The van der Waals surface area contributed by atoms with Crippen molar-refractivity contribution in [3.63, 3.8) is 0 Å². The van der Waals surface area contributed by atoms with E-state index >= 15 is 0 Å². The van der Waals surface area contributed by atoms with Crippen molar-refractivity contribution in [2.45, 2.75) is 43.5 Å². The fraction of sp³-hybridized carbons (Fsp3) is 0.889. The monoisotopic (exact) mass is 226 g/mol. The van der Waals surface area contributed by atoms with Crippen LogP contribution in [0, 0.1) is 0 Å². The Kier molecular flexibility index (Phi) is 4.29. The van der Waals surface area contributed by atoms with E-state index < -0.39 is 17.7 Å². The molecular weight excluding hydrogens is 213 g/mol. The number of Topliss-reactive ketones (excluding diaryl/α,β-unsaturated/α-hetero) is 1. The van der Waals surface area contributed by atoms with Gasteiger partial charge in [0.05, 0.1) is 5.75 Å². The van der Waals surface area contributed by atoms with Gasteiger partial charge < -0.3 is 0 Å². The smallest absolute Gasteiger partial charge is 0.289 e. The molecule has 1 fully saturated rings. The molecule has 0 saturated heterocycles. The van der Waals surface area contributed by atoms with E-state index in [1.54, 1.807) is 0 Å². The van der Waals surface area contributed by atoms with Crippen LogP contribution in [-0.4, -0.2) is 23.0 Å². The maximum Gasteiger partial charge on any atom is 0.450 e. The van der Waals surface area contributed by atoms with Crippen LogP contribution in [0.2, 0.25) is 0 Å². The highest BCUT2D eigenvalue weighted by Gasteiger charge is 2.38. The van der Waals surface area contributed by atoms with E-state index in [9.17, 15) is 18.0 Å². The van der Waals surface area contributed by atoms with Gasteiger partial charge in [-0.25, -0.2) is 0 Å². The zero-order valence-electron chi connectivity index (χ0n) is 7.77. The number of thioether (sulfide) groups is 1. The molecule has 0 aromatic heterocycles. The molecule has 0 aromatic rings. The average molecular weight is 226 g/mol. The van der Waals surface area contributed by atoms with Gasteiger partial charge in [-0.1, -0.05) is 19.3 Å². The van der Waals surface area contributed by atoms with E-state index in [0.29, 0.717) is 0 Å². The van der Waals surface area contributed by atoms with Crippen LogP contribution >= 0.6 is 11.8 Å². The Labute approximate surface area is 85.4 Å². The fourth-order valence-electron chi connectivity index (χ4n) is 1.51. The molecule has 82 valence electrons. The molecule has 5 heteroatoms. The number of hydrogen-bond acceptors (Lipinski definition) is 2. The molecule has 0 amide bonds. The van der Waals surface area contributed by atoms with Crippen molar-refractivity contribution in [3.8, 4) is 0 Å². The van der Waals surface area contributed by atoms with Gasteiger partial charge in [0.15, 0.2) is 0 Å². The predicted molar refractivity (Wildman–Crippen MR) is 50.4 cm³/mol. The lowest BCUT2D eigenvalue weighted by molar-refractivity contribution is -0.167. The Balaban J connectivity index is 2.22. The van der Waals surface area contributed by atoms with Crippen LogP contribution in [0.25, 0.3) is 0 Å². The van der Waals surface area contributed by atoms with Gasteiger partial charge in [-0.2, -0.15) is 24.9 Å². The largest absolute Gasteiger partial charge is 0.450 e. The average Bonchev–Trinajstić information content (AvgIpc) is 2.14. The SMILES string of the molecule is O=C(CSC1CCCCC1)C(F)(F)F. The minimum Gasteiger partial charge on any atom is -0.289 e. The molecule has 1 aliphatic rings. The number of alkyl halides is 3. The van der Waals surface area contributed by atoms with Gasteiger partial charge in [0.1, 0.15) is 0 Å². The Morgan fingerprint density at radius 1 is 1.21 bits per heavy atom. The van der Waals surface area contributed by atoms with E-state index in [1.807, 2.05) is 0 Å². The summed E-state index contributed by atoms with van der Waals surface area (Å²) in [5.41, 5.74) is 0. The molecule has 1 nitrogen and oxygen atoms in total. The van der Waals surface area contributed by atoms with Crippen molar-refractivity contribution in [1.82, 2.24) is 0 Å². The summed E-state index contributed by atoms with van der Waals surface area (Å²) in [6.45, 7) is 0. The molecule has 14 heavy (non-hydrogen) atoms. The number of ketones is 1. The van der Waals surface area contributed by atoms with Crippen molar-refractivity contribution >= 4 is 17.5 Å². The van der Waals surface area contributed by atoms with Gasteiger partial charge in [-0.3, -0.25) is 4.79 Å². The first kappa shape index (κ1) is 11.9. The topological polar surface area (TPSA) is 17.1 Å². The Morgan fingerprint density at radius 3 is 2.29 bits per heavy atom. The van der Waals surface area contributed by atoms with E-state index in [4.69, 9.17) is 0 Å². The first-order valence-corrected chi connectivity index (χ1v) is 5.76. The summed E-state index contributed by atoms with van der Waals surface area (Å²) in [6.07, 6.45) is 0.591. The van der Waals surface area contributed by atoms with Gasteiger partial charge >= 0.3 is 6.18 Å². The Bertz CT molecular complexity index is 197. The lowest BCUT2D eigenvalue weighted by atomic mass is 10.0. The van der Waals surface area contributed by atoms with E-state index in [-0.39, 0.29) is 5.25 Å². The summed E-state index contributed by atoms with van der Waals surface area (Å²) < 4.78 is 35.5. The Hall–Kier alpha value is -0.190. The van der Waals surface area contributed by atoms with Crippen LogP contribution in [-0.2, 0) is 4.79 Å². The van der Waals surface area contributed by atoms with Crippen LogP contribution in [0.1, 0.15) is 32.1 Å². The minimum atomic E-state index is -4.65. The first-order valence-electron chi connectivity index (χ1n) is 4.72. The first-order chi connectivity index (χ1) is 6.50. The molecular formula is C9H13F3OS. The van der Waals surface area contributed by atoms with Crippen molar-refractivity contribution in [2.75, 3.05) is 5.75 Å². The van der Waals surface area contributed by atoms with Crippen LogP contribution in [0.3, 0.4) is 0 Å². The summed E-state index contributed by atoms with van der Waals surface area (Å²) in [5, 5.41) is 0.259. The van der Waals surface area contributed by atoms with Gasteiger partial charge in [0.25, 0.3) is 0 Å². The summed E-state index contributed by atoms with van der Waals surface area (Å²) in [7, 11) is 0. The van der Waals surface area contributed by atoms with Crippen molar-refractivity contribution < 1.29 is 18.0 Å². The summed E-state index contributed by atoms with van der Waals surface area (Å²) in [5.74, 6) is -2.01. The second-order valence-corrected chi connectivity index (χ2v) is 4.78. The summed E-state index contributed by atoms with van der Waals surface area (Å²) >= 11 is 1.16. The second kappa shape index (κ2) is 5.05. The number of carbonyl (C=O) groups excluding carboxylic acids is 1. The molecule has 0 aliphatic heterocycles. The molecule has 0 N–H and O–H groups in total. The highest BCUT2D eigenvalue weighted by Crippen LogP contribution is 2.29. The van der Waals surface area contributed by atoms with Crippen molar-refractivity contribution in [2.24, 2.45) is 0 Å².